The molecule has 0 aliphatic carbocycles. The van der Waals surface area contributed by atoms with E-state index in [1.807, 2.05) is 0 Å². The standard InChI is InChI=1S/C8H8ClNO3/c9-7-2-1-6(13-7)8(12)10-3-5(11)4-10/h1-2,5,11H,3-4H2. The number of likely N-dealkylation sites (tertiary alicyclic amines) is 1. The van der Waals surface area contributed by atoms with Crippen molar-refractivity contribution < 1.29 is 14.3 Å². The minimum Gasteiger partial charge on any atom is -0.440 e. The summed E-state index contributed by atoms with van der Waals surface area (Å²) in [5.41, 5.74) is 0. The molecule has 1 fully saturated rings. The first-order valence-corrected chi connectivity index (χ1v) is 4.27. The van der Waals surface area contributed by atoms with Crippen molar-refractivity contribution >= 4 is 17.5 Å². The minimum atomic E-state index is -0.394. The van der Waals surface area contributed by atoms with Gasteiger partial charge >= 0.3 is 0 Å². The Morgan fingerprint density at radius 2 is 2.31 bits per heavy atom. The molecule has 0 spiro atoms. The van der Waals surface area contributed by atoms with Gasteiger partial charge in [-0.05, 0) is 23.7 Å². The summed E-state index contributed by atoms with van der Waals surface area (Å²) in [5, 5.41) is 9.17. The highest BCUT2D eigenvalue weighted by Gasteiger charge is 2.30. The van der Waals surface area contributed by atoms with E-state index in [1.54, 1.807) is 0 Å². The Balaban J connectivity index is 2.06. The quantitative estimate of drug-likeness (QED) is 0.730. The SMILES string of the molecule is O=C(c1ccc(Cl)o1)N1CC(O)C1. The van der Waals surface area contributed by atoms with Crippen LogP contribution in [0.25, 0.3) is 0 Å². The Labute approximate surface area is 79.7 Å². The predicted molar refractivity (Wildman–Crippen MR) is 45.6 cm³/mol. The molecule has 0 radical (unpaired) electrons. The van der Waals surface area contributed by atoms with Gasteiger partial charge in [-0.1, -0.05) is 0 Å². The normalized spacial score (nSPS) is 17.2. The number of aliphatic hydroxyl groups is 1. The van der Waals surface area contributed by atoms with Crippen LogP contribution in [0.2, 0.25) is 5.22 Å². The summed E-state index contributed by atoms with van der Waals surface area (Å²) in [6, 6.07) is 3.04. The lowest BCUT2D eigenvalue weighted by Gasteiger charge is -2.35. The van der Waals surface area contributed by atoms with Gasteiger partial charge in [0.05, 0.1) is 6.10 Å². The zero-order valence-electron chi connectivity index (χ0n) is 6.74. The van der Waals surface area contributed by atoms with Gasteiger partial charge in [-0.2, -0.15) is 0 Å². The van der Waals surface area contributed by atoms with Crippen LogP contribution in [0.3, 0.4) is 0 Å². The molecule has 4 nitrogen and oxygen atoms in total. The van der Waals surface area contributed by atoms with E-state index in [2.05, 4.69) is 0 Å². The topological polar surface area (TPSA) is 53.7 Å². The molecular formula is C8H8ClNO3. The van der Waals surface area contributed by atoms with Crippen LogP contribution in [-0.4, -0.2) is 35.1 Å². The Morgan fingerprint density at radius 1 is 1.62 bits per heavy atom. The van der Waals surface area contributed by atoms with Gasteiger partial charge in [0.15, 0.2) is 11.0 Å². The number of hydrogen-bond donors (Lipinski definition) is 1. The van der Waals surface area contributed by atoms with Crippen molar-refractivity contribution in [2.45, 2.75) is 6.10 Å². The predicted octanol–water partition coefficient (Wildman–Crippen LogP) is 0.750. The maximum absolute atomic E-state index is 11.4. The number of carbonyl (C=O) groups excluding carboxylic acids is 1. The first-order valence-electron chi connectivity index (χ1n) is 3.89. The number of halogens is 1. The van der Waals surface area contributed by atoms with Crippen molar-refractivity contribution in [1.29, 1.82) is 0 Å². The molecule has 0 aromatic carbocycles. The van der Waals surface area contributed by atoms with Crippen LogP contribution in [-0.2, 0) is 0 Å². The van der Waals surface area contributed by atoms with Gasteiger partial charge < -0.3 is 14.4 Å². The molecule has 1 N–H and O–H groups in total. The third-order valence-electron chi connectivity index (χ3n) is 1.93. The van der Waals surface area contributed by atoms with Crippen molar-refractivity contribution in [2.24, 2.45) is 0 Å². The molecule has 1 aromatic rings. The van der Waals surface area contributed by atoms with Gasteiger partial charge in [0, 0.05) is 13.1 Å². The van der Waals surface area contributed by atoms with E-state index in [0.29, 0.717) is 13.1 Å². The van der Waals surface area contributed by atoms with E-state index in [0.717, 1.165) is 0 Å². The number of amides is 1. The summed E-state index contributed by atoms with van der Waals surface area (Å²) in [6.07, 6.45) is -0.394. The number of rotatable bonds is 1. The Kier molecular flexibility index (Phi) is 2.01. The van der Waals surface area contributed by atoms with Crippen LogP contribution in [0, 0.1) is 0 Å². The summed E-state index contributed by atoms with van der Waals surface area (Å²) >= 11 is 5.51. The van der Waals surface area contributed by atoms with Crippen LogP contribution in [0.15, 0.2) is 16.5 Å². The molecule has 0 bridgehead atoms. The minimum absolute atomic E-state index is 0.199. The number of aliphatic hydroxyl groups excluding tert-OH is 1. The van der Waals surface area contributed by atoms with Crippen LogP contribution in [0.4, 0.5) is 0 Å². The van der Waals surface area contributed by atoms with Crippen molar-refractivity contribution in [3.8, 4) is 0 Å². The fourth-order valence-electron chi connectivity index (χ4n) is 1.21. The molecule has 0 unspecified atom stereocenters. The smallest absolute Gasteiger partial charge is 0.289 e. The second kappa shape index (κ2) is 3.05. The molecular weight excluding hydrogens is 194 g/mol. The third kappa shape index (κ3) is 1.55. The highest BCUT2D eigenvalue weighted by atomic mass is 35.5. The lowest BCUT2D eigenvalue weighted by molar-refractivity contribution is 0.00393. The van der Waals surface area contributed by atoms with Crippen molar-refractivity contribution in [1.82, 2.24) is 4.90 Å². The molecule has 70 valence electrons. The highest BCUT2D eigenvalue weighted by molar-refractivity contribution is 6.29. The molecule has 1 aliphatic heterocycles. The van der Waals surface area contributed by atoms with Gasteiger partial charge in [-0.25, -0.2) is 0 Å². The zero-order valence-corrected chi connectivity index (χ0v) is 7.49. The fraction of sp³-hybridized carbons (Fsp3) is 0.375. The summed E-state index contributed by atoms with van der Waals surface area (Å²) in [6.45, 7) is 0.744. The lowest BCUT2D eigenvalue weighted by Crippen LogP contribution is -2.53. The third-order valence-corrected chi connectivity index (χ3v) is 2.14. The van der Waals surface area contributed by atoms with Crippen LogP contribution in [0.1, 0.15) is 10.6 Å². The first kappa shape index (κ1) is 8.59. The number of carbonyl (C=O) groups is 1. The molecule has 2 heterocycles. The summed E-state index contributed by atoms with van der Waals surface area (Å²) in [4.78, 5) is 12.9. The Bertz CT molecular complexity index is 330. The van der Waals surface area contributed by atoms with E-state index in [4.69, 9.17) is 21.1 Å². The number of furan rings is 1. The number of hydrogen-bond acceptors (Lipinski definition) is 3. The van der Waals surface area contributed by atoms with Crippen LogP contribution in [0.5, 0.6) is 0 Å². The Hall–Kier alpha value is -1.00. The monoisotopic (exact) mass is 201 g/mol. The van der Waals surface area contributed by atoms with Gasteiger partial charge in [0.25, 0.3) is 5.91 Å². The highest BCUT2D eigenvalue weighted by Crippen LogP contribution is 2.17. The summed E-state index contributed by atoms with van der Waals surface area (Å²) in [7, 11) is 0. The fourth-order valence-corrected chi connectivity index (χ4v) is 1.35. The van der Waals surface area contributed by atoms with Gasteiger partial charge in [0.1, 0.15) is 0 Å². The Morgan fingerprint density at radius 3 is 2.77 bits per heavy atom. The van der Waals surface area contributed by atoms with Gasteiger partial charge in [-0.15, -0.1) is 0 Å². The molecule has 0 atom stereocenters. The van der Waals surface area contributed by atoms with Crippen molar-refractivity contribution in [3.05, 3.63) is 23.1 Å². The molecule has 0 saturated carbocycles. The molecule has 5 heteroatoms. The van der Waals surface area contributed by atoms with E-state index >= 15 is 0 Å². The van der Waals surface area contributed by atoms with E-state index in [9.17, 15) is 4.79 Å². The van der Waals surface area contributed by atoms with Crippen molar-refractivity contribution in [2.75, 3.05) is 13.1 Å². The molecule has 13 heavy (non-hydrogen) atoms. The van der Waals surface area contributed by atoms with Crippen LogP contribution >= 0.6 is 11.6 Å². The summed E-state index contributed by atoms with van der Waals surface area (Å²) in [5.74, 6) is -0.00546. The number of β-amino-alcohol motifs (C(OH)–C–C–N with tert-alkyl or cyclic N) is 1. The number of nitrogens with zero attached hydrogens (tertiary/aromatic N) is 1. The molecule has 1 aliphatic rings. The molecule has 1 aromatic heterocycles. The van der Waals surface area contributed by atoms with E-state index in [-0.39, 0.29) is 16.9 Å². The second-order valence-corrected chi connectivity index (χ2v) is 3.34. The average Bonchev–Trinajstić information content (AvgIpc) is 2.45. The first-order chi connectivity index (χ1) is 6.16. The maximum Gasteiger partial charge on any atom is 0.289 e. The molecule has 1 amide bonds. The van der Waals surface area contributed by atoms with E-state index in [1.165, 1.54) is 17.0 Å². The lowest BCUT2D eigenvalue weighted by atomic mass is 10.1. The largest absolute Gasteiger partial charge is 0.440 e. The van der Waals surface area contributed by atoms with Crippen LogP contribution < -0.4 is 0 Å². The van der Waals surface area contributed by atoms with Gasteiger partial charge in [-0.3, -0.25) is 4.79 Å². The van der Waals surface area contributed by atoms with E-state index < -0.39 is 6.10 Å². The molecule has 1 saturated heterocycles. The molecule has 2 rings (SSSR count). The zero-order chi connectivity index (χ0) is 9.42. The van der Waals surface area contributed by atoms with Gasteiger partial charge in [0.2, 0.25) is 0 Å². The summed E-state index contributed by atoms with van der Waals surface area (Å²) < 4.78 is 4.93. The average molecular weight is 202 g/mol. The maximum atomic E-state index is 11.4. The van der Waals surface area contributed by atoms with Crippen molar-refractivity contribution in [3.63, 3.8) is 0 Å². The second-order valence-electron chi connectivity index (χ2n) is 2.97.